The molecule has 0 bridgehead atoms. The van der Waals surface area contributed by atoms with Gasteiger partial charge in [0.05, 0.1) is 11.9 Å². The molecule has 2 heterocycles. The van der Waals surface area contributed by atoms with E-state index in [9.17, 15) is 4.79 Å². The van der Waals surface area contributed by atoms with Gasteiger partial charge in [-0.25, -0.2) is 0 Å². The average molecular weight is 260 g/mol. The molecule has 1 amide bonds. The molecule has 8 heteroatoms. The number of amides is 1. The summed E-state index contributed by atoms with van der Waals surface area (Å²) in [6, 6.07) is 3.03. The van der Waals surface area contributed by atoms with Crippen molar-refractivity contribution in [3.05, 3.63) is 42.0 Å². The van der Waals surface area contributed by atoms with Crippen LogP contribution in [0.25, 0.3) is 0 Å². The first-order valence-electron chi connectivity index (χ1n) is 5.34. The van der Waals surface area contributed by atoms with Gasteiger partial charge >= 0.3 is 0 Å². The number of pyridine rings is 1. The van der Waals surface area contributed by atoms with Gasteiger partial charge in [-0.3, -0.25) is 14.5 Å². The molecule has 0 aliphatic heterocycles. The van der Waals surface area contributed by atoms with E-state index in [0.717, 1.165) is 0 Å². The third kappa shape index (κ3) is 2.86. The number of nitrogens with one attached hydrogen (secondary N) is 1. The molecule has 8 nitrogen and oxygen atoms in total. The molecule has 0 atom stereocenters. The van der Waals surface area contributed by atoms with Gasteiger partial charge < -0.3 is 16.3 Å². The second-order valence-electron chi connectivity index (χ2n) is 3.77. The van der Waals surface area contributed by atoms with Crippen LogP contribution in [0.2, 0.25) is 0 Å². The second kappa shape index (κ2) is 5.17. The molecule has 0 aliphatic rings. The Labute approximate surface area is 108 Å². The number of anilines is 1. The number of aromatic nitrogens is 3. The highest BCUT2D eigenvalue weighted by Gasteiger charge is 2.09. The van der Waals surface area contributed by atoms with E-state index in [-0.39, 0.29) is 17.4 Å². The summed E-state index contributed by atoms with van der Waals surface area (Å²) in [5.41, 5.74) is 6.63. The molecular formula is C11H12N6O2. The highest BCUT2D eigenvalue weighted by atomic mass is 16.4. The molecule has 0 aliphatic carbocycles. The maximum Gasteiger partial charge on any atom is 0.274 e. The van der Waals surface area contributed by atoms with E-state index in [0.29, 0.717) is 11.3 Å². The smallest absolute Gasteiger partial charge is 0.274 e. The van der Waals surface area contributed by atoms with E-state index in [1.165, 1.54) is 18.5 Å². The summed E-state index contributed by atoms with van der Waals surface area (Å²) in [4.78, 5) is 15.8. The average Bonchev–Trinajstić information content (AvgIpc) is 2.83. The molecule has 0 saturated carbocycles. The van der Waals surface area contributed by atoms with E-state index < -0.39 is 0 Å². The number of aryl methyl sites for hydroxylation is 1. The molecule has 0 saturated heterocycles. The highest BCUT2D eigenvalue weighted by molar-refractivity contribution is 6.03. The van der Waals surface area contributed by atoms with Crippen molar-refractivity contribution in [3.63, 3.8) is 0 Å². The Bertz CT molecular complexity index is 616. The lowest BCUT2D eigenvalue weighted by molar-refractivity contribution is 0.102. The third-order valence-electron chi connectivity index (χ3n) is 2.36. The number of oxime groups is 1. The summed E-state index contributed by atoms with van der Waals surface area (Å²) >= 11 is 0. The Morgan fingerprint density at radius 3 is 2.79 bits per heavy atom. The van der Waals surface area contributed by atoms with Gasteiger partial charge in [-0.1, -0.05) is 5.16 Å². The molecule has 0 unspecified atom stereocenters. The van der Waals surface area contributed by atoms with Crippen LogP contribution < -0.4 is 11.1 Å². The molecule has 0 aromatic carbocycles. The fourth-order valence-corrected chi connectivity index (χ4v) is 1.42. The van der Waals surface area contributed by atoms with Gasteiger partial charge in [0.15, 0.2) is 5.84 Å². The van der Waals surface area contributed by atoms with Crippen molar-refractivity contribution in [2.24, 2.45) is 17.9 Å². The predicted molar refractivity (Wildman–Crippen MR) is 67.9 cm³/mol. The molecule has 0 spiro atoms. The Kier molecular flexibility index (Phi) is 3.42. The van der Waals surface area contributed by atoms with Crippen LogP contribution in [-0.2, 0) is 7.05 Å². The Morgan fingerprint density at radius 2 is 2.26 bits per heavy atom. The zero-order chi connectivity index (χ0) is 13.8. The van der Waals surface area contributed by atoms with E-state index in [1.54, 1.807) is 24.0 Å². The summed E-state index contributed by atoms with van der Waals surface area (Å²) < 4.78 is 1.57. The van der Waals surface area contributed by atoms with Gasteiger partial charge in [-0.2, -0.15) is 5.10 Å². The van der Waals surface area contributed by atoms with Crippen LogP contribution in [-0.4, -0.2) is 31.7 Å². The summed E-state index contributed by atoms with van der Waals surface area (Å²) in [5, 5.41) is 17.9. The maximum atomic E-state index is 11.9. The standard InChI is InChI=1S/C11H12N6O2/c1-17-6-8(5-14-17)15-11(18)9-3-2-7(4-13-9)10(12)16-19/h2-6,19H,1H3,(H2,12,16)(H,15,18). The summed E-state index contributed by atoms with van der Waals surface area (Å²) in [7, 11) is 1.75. The van der Waals surface area contributed by atoms with Crippen LogP contribution in [0.3, 0.4) is 0 Å². The van der Waals surface area contributed by atoms with Crippen molar-refractivity contribution < 1.29 is 10.0 Å². The van der Waals surface area contributed by atoms with Crippen molar-refractivity contribution in [1.82, 2.24) is 14.8 Å². The minimum absolute atomic E-state index is 0.0632. The zero-order valence-electron chi connectivity index (χ0n) is 10.1. The van der Waals surface area contributed by atoms with Crippen LogP contribution in [0.1, 0.15) is 16.1 Å². The molecule has 0 radical (unpaired) electrons. The largest absolute Gasteiger partial charge is 0.409 e. The first-order chi connectivity index (χ1) is 9.10. The van der Waals surface area contributed by atoms with Crippen LogP contribution in [0.4, 0.5) is 5.69 Å². The first kappa shape index (κ1) is 12.6. The number of hydrogen-bond acceptors (Lipinski definition) is 5. The van der Waals surface area contributed by atoms with Crippen molar-refractivity contribution >= 4 is 17.4 Å². The topological polar surface area (TPSA) is 118 Å². The van der Waals surface area contributed by atoms with Gasteiger partial charge in [0.2, 0.25) is 0 Å². The quantitative estimate of drug-likeness (QED) is 0.314. The first-order valence-corrected chi connectivity index (χ1v) is 5.34. The normalized spacial score (nSPS) is 11.3. The van der Waals surface area contributed by atoms with Crippen LogP contribution >= 0.6 is 0 Å². The minimum Gasteiger partial charge on any atom is -0.409 e. The lowest BCUT2D eigenvalue weighted by Gasteiger charge is -2.02. The van der Waals surface area contributed by atoms with Crippen molar-refractivity contribution in [1.29, 1.82) is 0 Å². The molecule has 4 N–H and O–H groups in total. The Balaban J connectivity index is 2.11. The highest BCUT2D eigenvalue weighted by Crippen LogP contribution is 2.07. The molecule has 2 rings (SSSR count). The van der Waals surface area contributed by atoms with Gasteiger partial charge in [-0.15, -0.1) is 0 Å². The van der Waals surface area contributed by atoms with Gasteiger partial charge in [0.25, 0.3) is 5.91 Å². The van der Waals surface area contributed by atoms with E-state index in [1.807, 2.05) is 0 Å². The van der Waals surface area contributed by atoms with E-state index in [4.69, 9.17) is 10.9 Å². The molecule has 19 heavy (non-hydrogen) atoms. The lowest BCUT2D eigenvalue weighted by Crippen LogP contribution is -2.16. The Hall–Kier alpha value is -2.90. The number of hydrogen-bond donors (Lipinski definition) is 3. The monoisotopic (exact) mass is 260 g/mol. The van der Waals surface area contributed by atoms with Crippen LogP contribution in [0.15, 0.2) is 35.9 Å². The SMILES string of the molecule is Cn1cc(NC(=O)c2ccc(C(N)=NO)cn2)cn1. The second-order valence-corrected chi connectivity index (χ2v) is 3.77. The fraction of sp³-hybridized carbons (Fsp3) is 0.0909. The number of carbonyl (C=O) groups excluding carboxylic acids is 1. The lowest BCUT2D eigenvalue weighted by atomic mass is 10.2. The van der Waals surface area contributed by atoms with Gasteiger partial charge in [0, 0.05) is 25.0 Å². The molecule has 2 aromatic rings. The predicted octanol–water partition coefficient (Wildman–Crippen LogP) is 0.162. The molecule has 0 fully saturated rings. The summed E-state index contributed by atoms with van der Waals surface area (Å²) in [6.45, 7) is 0. The van der Waals surface area contributed by atoms with E-state index >= 15 is 0 Å². The van der Waals surface area contributed by atoms with Gasteiger partial charge in [-0.05, 0) is 12.1 Å². The number of amidine groups is 1. The van der Waals surface area contributed by atoms with Crippen molar-refractivity contribution in [2.75, 3.05) is 5.32 Å². The maximum absolute atomic E-state index is 11.9. The fourth-order valence-electron chi connectivity index (χ4n) is 1.42. The zero-order valence-corrected chi connectivity index (χ0v) is 10.1. The van der Waals surface area contributed by atoms with E-state index in [2.05, 4.69) is 20.6 Å². The molecule has 98 valence electrons. The van der Waals surface area contributed by atoms with Crippen molar-refractivity contribution in [3.8, 4) is 0 Å². The third-order valence-corrected chi connectivity index (χ3v) is 2.36. The number of nitrogens with zero attached hydrogens (tertiary/aromatic N) is 4. The van der Waals surface area contributed by atoms with Crippen molar-refractivity contribution in [2.45, 2.75) is 0 Å². The van der Waals surface area contributed by atoms with Crippen LogP contribution in [0, 0.1) is 0 Å². The molecular weight excluding hydrogens is 248 g/mol. The molecule has 2 aromatic heterocycles. The van der Waals surface area contributed by atoms with Gasteiger partial charge in [0.1, 0.15) is 5.69 Å². The number of nitrogens with two attached hydrogens (primary N) is 1. The summed E-state index contributed by atoms with van der Waals surface area (Å²) in [5.74, 6) is -0.425. The minimum atomic E-state index is -0.362. The summed E-state index contributed by atoms with van der Waals surface area (Å²) in [6.07, 6.45) is 4.55. The Morgan fingerprint density at radius 1 is 1.47 bits per heavy atom. The van der Waals surface area contributed by atoms with Crippen LogP contribution in [0.5, 0.6) is 0 Å². The number of rotatable bonds is 3. The number of carbonyl (C=O) groups is 1.